The lowest BCUT2D eigenvalue weighted by Crippen LogP contribution is -2.34. The zero-order chi connectivity index (χ0) is 13.9. The number of rotatable bonds is 4. The minimum atomic E-state index is 0.622. The van der Waals surface area contributed by atoms with Crippen molar-refractivity contribution in [3.05, 3.63) is 59.7 Å². The molecular formula is C18H21NS. The van der Waals surface area contributed by atoms with Crippen LogP contribution in [0.5, 0.6) is 0 Å². The van der Waals surface area contributed by atoms with Gasteiger partial charge >= 0.3 is 0 Å². The van der Waals surface area contributed by atoms with Crippen molar-refractivity contribution in [2.45, 2.75) is 36.6 Å². The molecule has 1 N–H and O–H groups in total. The average molecular weight is 283 g/mol. The van der Waals surface area contributed by atoms with Crippen molar-refractivity contribution in [2.24, 2.45) is 0 Å². The Morgan fingerprint density at radius 3 is 2.60 bits per heavy atom. The summed E-state index contributed by atoms with van der Waals surface area (Å²) in [6.45, 7) is 2.22. The second-order valence-corrected chi connectivity index (χ2v) is 6.48. The summed E-state index contributed by atoms with van der Waals surface area (Å²) in [7, 11) is 0. The Morgan fingerprint density at radius 1 is 1.05 bits per heavy atom. The normalized spacial score (nSPS) is 21.3. The molecule has 0 saturated heterocycles. The molecule has 2 heteroatoms. The summed E-state index contributed by atoms with van der Waals surface area (Å²) in [6, 6.07) is 18.1. The average Bonchev–Trinajstić information content (AvgIpc) is 2.44. The van der Waals surface area contributed by atoms with Crippen molar-refractivity contribution in [1.82, 2.24) is 0 Å². The van der Waals surface area contributed by atoms with E-state index in [9.17, 15) is 0 Å². The van der Waals surface area contributed by atoms with E-state index in [-0.39, 0.29) is 0 Å². The molecule has 1 saturated carbocycles. The van der Waals surface area contributed by atoms with Gasteiger partial charge in [-0.05, 0) is 61.3 Å². The highest BCUT2D eigenvalue weighted by molar-refractivity contribution is 7.98. The van der Waals surface area contributed by atoms with Gasteiger partial charge < -0.3 is 5.32 Å². The molecule has 104 valence electrons. The van der Waals surface area contributed by atoms with Gasteiger partial charge in [0.25, 0.3) is 0 Å². The van der Waals surface area contributed by atoms with Crippen LogP contribution in [0.3, 0.4) is 0 Å². The maximum Gasteiger partial charge on any atom is 0.0353 e. The van der Waals surface area contributed by atoms with Crippen LogP contribution in [-0.2, 0) is 0 Å². The molecule has 1 fully saturated rings. The lowest BCUT2D eigenvalue weighted by Gasteiger charge is -2.37. The Bertz CT molecular complexity index is 587. The standard InChI is InChI=1S/C18H21NS/c1-13-6-3-4-9-18(13)14-10-16(11-14)19-15-7-5-8-17(12-15)20-2/h3-9,12,14,16,19H,10-11H2,1-2H3. The molecule has 0 heterocycles. The van der Waals surface area contributed by atoms with E-state index in [1.807, 2.05) is 0 Å². The molecular weight excluding hydrogens is 262 g/mol. The summed E-state index contributed by atoms with van der Waals surface area (Å²) >= 11 is 1.80. The quantitative estimate of drug-likeness (QED) is 0.786. The number of anilines is 1. The van der Waals surface area contributed by atoms with Gasteiger partial charge in [0.1, 0.15) is 0 Å². The van der Waals surface area contributed by atoms with Crippen molar-refractivity contribution < 1.29 is 0 Å². The second kappa shape index (κ2) is 5.92. The van der Waals surface area contributed by atoms with E-state index in [4.69, 9.17) is 0 Å². The van der Waals surface area contributed by atoms with Crippen LogP contribution in [0.1, 0.15) is 29.9 Å². The van der Waals surface area contributed by atoms with E-state index in [2.05, 4.69) is 67.0 Å². The van der Waals surface area contributed by atoms with Crippen LogP contribution >= 0.6 is 11.8 Å². The lowest BCUT2D eigenvalue weighted by atomic mass is 9.74. The topological polar surface area (TPSA) is 12.0 Å². The number of hydrogen-bond acceptors (Lipinski definition) is 2. The van der Waals surface area contributed by atoms with E-state index in [1.54, 1.807) is 11.8 Å². The van der Waals surface area contributed by atoms with E-state index in [0.717, 1.165) is 5.92 Å². The number of aryl methyl sites for hydroxylation is 1. The highest BCUT2D eigenvalue weighted by Gasteiger charge is 2.30. The third-order valence-corrected chi connectivity index (χ3v) is 4.93. The minimum absolute atomic E-state index is 0.622. The largest absolute Gasteiger partial charge is 0.382 e. The fraction of sp³-hybridized carbons (Fsp3) is 0.333. The third kappa shape index (κ3) is 2.85. The Hall–Kier alpha value is -1.41. The second-order valence-electron chi connectivity index (χ2n) is 5.60. The van der Waals surface area contributed by atoms with Crippen molar-refractivity contribution in [3.63, 3.8) is 0 Å². The van der Waals surface area contributed by atoms with Crippen molar-refractivity contribution >= 4 is 17.4 Å². The number of hydrogen-bond donors (Lipinski definition) is 1. The fourth-order valence-corrected chi connectivity index (χ4v) is 3.44. The van der Waals surface area contributed by atoms with Gasteiger partial charge in [0.05, 0.1) is 0 Å². The predicted octanol–water partition coefficient (Wildman–Crippen LogP) is 5.08. The van der Waals surface area contributed by atoms with Gasteiger partial charge in [-0.25, -0.2) is 0 Å². The van der Waals surface area contributed by atoms with Crippen LogP contribution < -0.4 is 5.32 Å². The fourth-order valence-electron chi connectivity index (χ4n) is 2.98. The summed E-state index contributed by atoms with van der Waals surface area (Å²) in [5.74, 6) is 0.734. The molecule has 1 nitrogen and oxygen atoms in total. The van der Waals surface area contributed by atoms with Crippen LogP contribution in [0.15, 0.2) is 53.4 Å². The molecule has 1 aliphatic rings. The van der Waals surface area contributed by atoms with Gasteiger partial charge in [0.15, 0.2) is 0 Å². The first kappa shape index (κ1) is 13.6. The van der Waals surface area contributed by atoms with Crippen LogP contribution in [0, 0.1) is 6.92 Å². The Balaban J connectivity index is 1.59. The van der Waals surface area contributed by atoms with Crippen molar-refractivity contribution in [3.8, 4) is 0 Å². The maximum absolute atomic E-state index is 3.66. The zero-order valence-corrected chi connectivity index (χ0v) is 12.9. The Kier molecular flexibility index (Phi) is 4.02. The Morgan fingerprint density at radius 2 is 1.85 bits per heavy atom. The summed E-state index contributed by atoms with van der Waals surface area (Å²) < 4.78 is 0. The van der Waals surface area contributed by atoms with Crippen LogP contribution in [0.25, 0.3) is 0 Å². The summed E-state index contributed by atoms with van der Waals surface area (Å²) in [4.78, 5) is 1.32. The van der Waals surface area contributed by atoms with E-state index in [0.29, 0.717) is 6.04 Å². The van der Waals surface area contributed by atoms with E-state index in [1.165, 1.54) is 34.6 Å². The van der Waals surface area contributed by atoms with E-state index >= 15 is 0 Å². The molecule has 0 bridgehead atoms. The molecule has 2 aromatic carbocycles. The molecule has 0 amide bonds. The molecule has 0 radical (unpaired) electrons. The molecule has 1 aliphatic carbocycles. The molecule has 2 aromatic rings. The van der Waals surface area contributed by atoms with Gasteiger partial charge in [0.2, 0.25) is 0 Å². The van der Waals surface area contributed by atoms with Crippen LogP contribution in [-0.4, -0.2) is 12.3 Å². The van der Waals surface area contributed by atoms with Crippen LogP contribution in [0.2, 0.25) is 0 Å². The Labute approximate surface area is 125 Å². The third-order valence-electron chi connectivity index (χ3n) is 4.21. The van der Waals surface area contributed by atoms with Gasteiger partial charge in [-0.3, -0.25) is 0 Å². The molecule has 3 rings (SSSR count). The van der Waals surface area contributed by atoms with Gasteiger partial charge in [-0.2, -0.15) is 0 Å². The van der Waals surface area contributed by atoms with Gasteiger partial charge in [0, 0.05) is 16.6 Å². The maximum atomic E-state index is 3.66. The van der Waals surface area contributed by atoms with Crippen LogP contribution in [0.4, 0.5) is 5.69 Å². The predicted molar refractivity (Wildman–Crippen MR) is 88.8 cm³/mol. The SMILES string of the molecule is CSc1cccc(NC2CC(c3ccccc3C)C2)c1. The number of nitrogens with one attached hydrogen (secondary N) is 1. The molecule has 0 atom stereocenters. The smallest absolute Gasteiger partial charge is 0.0353 e. The summed E-state index contributed by atoms with van der Waals surface area (Å²) in [5, 5.41) is 3.66. The highest BCUT2D eigenvalue weighted by Crippen LogP contribution is 2.39. The lowest BCUT2D eigenvalue weighted by molar-refractivity contribution is 0.373. The highest BCUT2D eigenvalue weighted by atomic mass is 32.2. The minimum Gasteiger partial charge on any atom is -0.382 e. The molecule has 20 heavy (non-hydrogen) atoms. The molecule has 0 spiro atoms. The molecule has 0 aliphatic heterocycles. The molecule has 0 aromatic heterocycles. The first-order valence-corrected chi connectivity index (χ1v) is 8.45. The van der Waals surface area contributed by atoms with Crippen molar-refractivity contribution in [1.29, 1.82) is 0 Å². The summed E-state index contributed by atoms with van der Waals surface area (Å²) in [6.07, 6.45) is 4.61. The number of benzene rings is 2. The monoisotopic (exact) mass is 283 g/mol. The first-order valence-electron chi connectivity index (χ1n) is 7.22. The van der Waals surface area contributed by atoms with Gasteiger partial charge in [-0.15, -0.1) is 11.8 Å². The molecule has 0 unspecified atom stereocenters. The van der Waals surface area contributed by atoms with Gasteiger partial charge in [-0.1, -0.05) is 30.3 Å². The van der Waals surface area contributed by atoms with Crippen molar-refractivity contribution in [2.75, 3.05) is 11.6 Å². The zero-order valence-electron chi connectivity index (χ0n) is 12.1. The first-order chi connectivity index (χ1) is 9.76. The van der Waals surface area contributed by atoms with E-state index < -0.39 is 0 Å². The number of thioether (sulfide) groups is 1. The summed E-state index contributed by atoms with van der Waals surface area (Å²) in [5.41, 5.74) is 4.22.